The highest BCUT2D eigenvalue weighted by molar-refractivity contribution is 7.91. The van der Waals surface area contributed by atoms with Crippen molar-refractivity contribution in [1.29, 1.82) is 0 Å². The van der Waals surface area contributed by atoms with Crippen molar-refractivity contribution in [3.63, 3.8) is 0 Å². The van der Waals surface area contributed by atoms with Gasteiger partial charge in [0.25, 0.3) is 0 Å². The molecule has 0 aliphatic carbocycles. The second-order valence-electron chi connectivity index (χ2n) is 4.56. The van der Waals surface area contributed by atoms with Gasteiger partial charge in [0.2, 0.25) is 6.29 Å². The highest BCUT2D eigenvalue weighted by Gasteiger charge is 2.18. The smallest absolute Gasteiger partial charge is 0.204 e. The van der Waals surface area contributed by atoms with Crippen LogP contribution in [0, 0.1) is 0 Å². The molecule has 20 heavy (non-hydrogen) atoms. The van der Waals surface area contributed by atoms with E-state index in [-0.39, 0.29) is 17.5 Å². The van der Waals surface area contributed by atoms with Crippen LogP contribution in [0.3, 0.4) is 0 Å². The van der Waals surface area contributed by atoms with Crippen molar-refractivity contribution in [2.24, 2.45) is 0 Å². The summed E-state index contributed by atoms with van der Waals surface area (Å²) in [6, 6.07) is 0. The average Bonchev–Trinajstić information content (AvgIpc) is 2.85. The molecule has 8 heteroatoms. The second-order valence-corrected chi connectivity index (χ2v) is 7.24. The molecule has 1 aromatic heterocycles. The van der Waals surface area contributed by atoms with Gasteiger partial charge in [0, 0.05) is 13.2 Å². The zero-order valence-electron chi connectivity index (χ0n) is 12.4. The van der Waals surface area contributed by atoms with Gasteiger partial charge in [0.1, 0.15) is 5.69 Å². The Morgan fingerprint density at radius 3 is 2.35 bits per heavy atom. The predicted molar refractivity (Wildman–Crippen MR) is 74.9 cm³/mol. The number of nitrogens with zero attached hydrogens (tertiary/aromatic N) is 3. The van der Waals surface area contributed by atoms with Gasteiger partial charge in [0.05, 0.1) is 23.7 Å². The van der Waals surface area contributed by atoms with E-state index in [4.69, 9.17) is 9.47 Å². The summed E-state index contributed by atoms with van der Waals surface area (Å²) in [4.78, 5) is 0. The lowest BCUT2D eigenvalue weighted by molar-refractivity contribution is -0.142. The lowest BCUT2D eigenvalue weighted by atomic mass is 10.4. The van der Waals surface area contributed by atoms with Gasteiger partial charge in [0.15, 0.2) is 9.84 Å². The molecule has 0 radical (unpaired) electrons. The molecule has 1 heterocycles. The molecule has 0 N–H and O–H groups in total. The highest BCUT2D eigenvalue weighted by Crippen LogP contribution is 2.15. The summed E-state index contributed by atoms with van der Waals surface area (Å²) in [5.41, 5.74) is 0.552. The Bertz CT molecular complexity index is 493. The van der Waals surface area contributed by atoms with Crippen LogP contribution >= 0.6 is 0 Å². The van der Waals surface area contributed by atoms with Crippen molar-refractivity contribution in [2.75, 3.05) is 19.0 Å². The van der Waals surface area contributed by atoms with Crippen LogP contribution in [0.5, 0.6) is 0 Å². The molecule has 0 amide bonds. The third-order valence-corrected chi connectivity index (χ3v) is 4.95. The van der Waals surface area contributed by atoms with Gasteiger partial charge in [-0.3, -0.25) is 4.68 Å². The van der Waals surface area contributed by atoms with Crippen molar-refractivity contribution in [1.82, 2.24) is 15.0 Å². The Hall–Kier alpha value is -0.990. The topological polar surface area (TPSA) is 83.3 Å². The summed E-state index contributed by atoms with van der Waals surface area (Å²) >= 11 is 0. The van der Waals surface area contributed by atoms with Gasteiger partial charge in [-0.1, -0.05) is 5.21 Å². The summed E-state index contributed by atoms with van der Waals surface area (Å²) in [6.07, 6.45) is 1.10. The van der Waals surface area contributed by atoms with Crippen molar-refractivity contribution >= 4 is 9.84 Å². The maximum absolute atomic E-state index is 11.7. The number of hydrogen-bond acceptors (Lipinski definition) is 6. The number of aromatic nitrogens is 3. The van der Waals surface area contributed by atoms with E-state index in [9.17, 15) is 8.42 Å². The fourth-order valence-corrected chi connectivity index (χ4v) is 2.42. The van der Waals surface area contributed by atoms with Crippen molar-refractivity contribution in [3.8, 4) is 0 Å². The molecular weight excluding hydrogens is 282 g/mol. The number of sulfone groups is 1. The summed E-state index contributed by atoms with van der Waals surface area (Å²) in [6.45, 7) is 8.35. The van der Waals surface area contributed by atoms with E-state index in [1.165, 1.54) is 4.68 Å². The van der Waals surface area contributed by atoms with Gasteiger partial charge < -0.3 is 9.47 Å². The quantitative estimate of drug-likeness (QED) is 0.637. The molecule has 0 spiro atoms. The van der Waals surface area contributed by atoms with Gasteiger partial charge in [-0.15, -0.1) is 5.10 Å². The zero-order chi connectivity index (χ0) is 15.2. The molecule has 0 bridgehead atoms. The van der Waals surface area contributed by atoms with Gasteiger partial charge in [-0.2, -0.15) is 0 Å². The first kappa shape index (κ1) is 17.1. The highest BCUT2D eigenvalue weighted by atomic mass is 32.2. The summed E-state index contributed by atoms with van der Waals surface area (Å²) in [7, 11) is -3.08. The Labute approximate surface area is 120 Å². The lowest BCUT2D eigenvalue weighted by Gasteiger charge is -2.13. The average molecular weight is 305 g/mol. The van der Waals surface area contributed by atoms with Crippen LogP contribution in [-0.2, 0) is 25.9 Å². The second kappa shape index (κ2) is 7.70. The SMILES string of the molecule is CCOC(OCC)c1cn(CCS(=O)(=O)C(C)C)nn1. The van der Waals surface area contributed by atoms with Crippen molar-refractivity contribution < 1.29 is 17.9 Å². The van der Waals surface area contributed by atoms with E-state index < -0.39 is 16.1 Å². The molecular formula is C12H23N3O4S. The van der Waals surface area contributed by atoms with E-state index in [1.54, 1.807) is 20.0 Å². The minimum Gasteiger partial charge on any atom is -0.347 e. The first-order valence-electron chi connectivity index (χ1n) is 6.75. The maximum Gasteiger partial charge on any atom is 0.204 e. The van der Waals surface area contributed by atoms with Crippen LogP contribution in [0.25, 0.3) is 0 Å². The monoisotopic (exact) mass is 305 g/mol. The Morgan fingerprint density at radius 2 is 1.85 bits per heavy atom. The number of rotatable bonds is 9. The van der Waals surface area contributed by atoms with Crippen LogP contribution in [-0.4, -0.2) is 47.6 Å². The third-order valence-electron chi connectivity index (χ3n) is 2.76. The molecule has 1 aromatic rings. The fourth-order valence-electron chi connectivity index (χ4n) is 1.51. The largest absolute Gasteiger partial charge is 0.347 e. The fraction of sp³-hybridized carbons (Fsp3) is 0.833. The lowest BCUT2D eigenvalue weighted by Crippen LogP contribution is -2.21. The first-order valence-corrected chi connectivity index (χ1v) is 8.47. The molecule has 0 saturated carbocycles. The van der Waals surface area contributed by atoms with Gasteiger partial charge >= 0.3 is 0 Å². The van der Waals surface area contributed by atoms with Crippen LogP contribution in [0.15, 0.2) is 6.20 Å². The molecule has 1 rings (SSSR count). The normalized spacial score (nSPS) is 12.5. The zero-order valence-corrected chi connectivity index (χ0v) is 13.3. The summed E-state index contributed by atoms with van der Waals surface area (Å²) in [5, 5.41) is 7.49. The van der Waals surface area contributed by atoms with Crippen LogP contribution in [0.1, 0.15) is 39.7 Å². The van der Waals surface area contributed by atoms with Crippen molar-refractivity contribution in [2.45, 2.75) is 45.8 Å². The minimum atomic E-state index is -3.08. The third kappa shape index (κ3) is 4.84. The summed E-state index contributed by atoms with van der Waals surface area (Å²) in [5.74, 6) is 0.0431. The molecule has 0 aromatic carbocycles. The first-order chi connectivity index (χ1) is 9.40. The Morgan fingerprint density at radius 1 is 1.25 bits per heavy atom. The molecule has 0 atom stereocenters. The van der Waals surface area contributed by atoms with Crippen LogP contribution in [0.2, 0.25) is 0 Å². The summed E-state index contributed by atoms with van der Waals surface area (Å²) < 4.78 is 35.8. The van der Waals surface area contributed by atoms with Crippen LogP contribution in [0.4, 0.5) is 0 Å². The Balaban J connectivity index is 2.67. The molecule has 0 unspecified atom stereocenters. The van der Waals surface area contributed by atoms with E-state index in [0.717, 1.165) is 0 Å². The minimum absolute atomic E-state index is 0.0431. The van der Waals surface area contributed by atoms with E-state index >= 15 is 0 Å². The standard InChI is InChI=1S/C12H23N3O4S/c1-5-18-12(19-6-2)11-9-15(14-13-11)7-8-20(16,17)10(3)4/h9-10,12H,5-8H2,1-4H3. The molecule has 116 valence electrons. The predicted octanol–water partition coefficient (Wildman–Crippen LogP) is 1.17. The van der Waals surface area contributed by atoms with Gasteiger partial charge in [-0.05, 0) is 27.7 Å². The number of ether oxygens (including phenoxy) is 2. The Kier molecular flexibility index (Phi) is 6.57. The number of aryl methyl sites for hydroxylation is 1. The molecule has 0 aliphatic heterocycles. The van der Waals surface area contributed by atoms with E-state index in [2.05, 4.69) is 10.3 Å². The van der Waals surface area contributed by atoms with E-state index in [1.807, 2.05) is 13.8 Å². The number of hydrogen-bond donors (Lipinski definition) is 0. The molecule has 0 aliphatic rings. The molecule has 0 saturated heterocycles. The van der Waals surface area contributed by atoms with Crippen LogP contribution < -0.4 is 0 Å². The molecule has 0 fully saturated rings. The molecule has 7 nitrogen and oxygen atoms in total. The van der Waals surface area contributed by atoms with Gasteiger partial charge in [-0.25, -0.2) is 8.42 Å². The van der Waals surface area contributed by atoms with E-state index in [0.29, 0.717) is 18.9 Å². The maximum atomic E-state index is 11.7. The van der Waals surface area contributed by atoms with Crippen molar-refractivity contribution in [3.05, 3.63) is 11.9 Å².